The lowest BCUT2D eigenvalue weighted by molar-refractivity contribution is 0.473. The number of allylic oxidation sites excluding steroid dienone is 2. The van der Waals surface area contributed by atoms with Crippen LogP contribution in [0.5, 0.6) is 0 Å². The molecule has 0 nitrogen and oxygen atoms in total. The Balaban J connectivity index is 1.22. The maximum atomic E-state index is 2.51. The summed E-state index contributed by atoms with van der Waals surface area (Å²) in [7, 11) is 0. The highest BCUT2D eigenvalue weighted by molar-refractivity contribution is 6.19. The van der Waals surface area contributed by atoms with Crippen molar-refractivity contribution in [2.75, 3.05) is 0 Å². The molecule has 0 heteroatoms. The molecule has 0 saturated carbocycles. The van der Waals surface area contributed by atoms with Gasteiger partial charge < -0.3 is 0 Å². The minimum atomic E-state index is 0.0193. The Labute approximate surface area is 276 Å². The third-order valence-electron chi connectivity index (χ3n) is 10.7. The van der Waals surface area contributed by atoms with Gasteiger partial charge in [0.05, 0.1) is 0 Å². The second kappa shape index (κ2) is 11.1. The second-order valence-electron chi connectivity index (χ2n) is 13.5. The standard InChI is InChI=1S/C47H36/c1-47(38-25-24-33-14-5-6-15-36(33)30-38)28-26-35(27-29-47)45-39-17-7-9-19-41(39)46(42-20-10-8-18-40(42)45)43-21-11-16-34-22-23-37(31-44(34)43)32-12-3-2-4-13-32/h2-26,28,30-31,35H,27,29H2,1H3. The van der Waals surface area contributed by atoms with Crippen LogP contribution in [0.3, 0.4) is 0 Å². The SMILES string of the molecule is CC1(c2ccc3ccccc3c2)C=CC(c2c3ccccc3c(-c3cccc4ccc(-c5ccccc5)cc34)c3ccccc23)CC1. The molecule has 0 saturated heterocycles. The predicted molar refractivity (Wildman–Crippen MR) is 202 cm³/mol. The van der Waals surface area contributed by atoms with E-state index in [1.165, 1.54) is 76.5 Å². The van der Waals surface area contributed by atoms with E-state index in [0.29, 0.717) is 5.92 Å². The lowest BCUT2D eigenvalue weighted by Gasteiger charge is -2.34. The Morgan fingerprint density at radius 3 is 1.85 bits per heavy atom. The summed E-state index contributed by atoms with van der Waals surface area (Å²) in [5.74, 6) is 0.351. The highest BCUT2D eigenvalue weighted by Crippen LogP contribution is 2.48. The van der Waals surface area contributed by atoms with Crippen LogP contribution in [0.15, 0.2) is 170 Å². The first-order chi connectivity index (χ1) is 23.2. The first kappa shape index (κ1) is 27.8. The summed E-state index contributed by atoms with van der Waals surface area (Å²) in [6, 6.07) is 58.4. The van der Waals surface area contributed by atoms with Crippen LogP contribution >= 0.6 is 0 Å². The quantitative estimate of drug-likeness (QED) is 0.139. The molecule has 47 heavy (non-hydrogen) atoms. The minimum Gasteiger partial charge on any atom is -0.0801 e. The molecule has 0 aromatic heterocycles. The fourth-order valence-electron chi connectivity index (χ4n) is 8.14. The molecule has 1 aliphatic rings. The zero-order chi connectivity index (χ0) is 31.4. The van der Waals surface area contributed by atoms with E-state index in [2.05, 4.69) is 177 Å². The van der Waals surface area contributed by atoms with Crippen LogP contribution in [-0.4, -0.2) is 0 Å². The van der Waals surface area contributed by atoms with Gasteiger partial charge in [-0.1, -0.05) is 171 Å². The van der Waals surface area contributed by atoms with Gasteiger partial charge in [0.1, 0.15) is 0 Å². The van der Waals surface area contributed by atoms with E-state index < -0.39 is 0 Å². The monoisotopic (exact) mass is 600 g/mol. The van der Waals surface area contributed by atoms with E-state index >= 15 is 0 Å². The summed E-state index contributed by atoms with van der Waals surface area (Å²) in [5, 5.41) is 10.6. The topological polar surface area (TPSA) is 0 Å². The van der Waals surface area contributed by atoms with Crippen LogP contribution < -0.4 is 0 Å². The lowest BCUT2D eigenvalue weighted by Crippen LogP contribution is -2.23. The first-order valence-electron chi connectivity index (χ1n) is 16.9. The molecule has 0 amide bonds. The largest absolute Gasteiger partial charge is 0.0801 e. The zero-order valence-electron chi connectivity index (χ0n) is 26.7. The molecule has 0 bridgehead atoms. The Morgan fingerprint density at radius 2 is 1.13 bits per heavy atom. The van der Waals surface area contributed by atoms with Gasteiger partial charge in [-0.15, -0.1) is 0 Å². The molecule has 224 valence electrons. The maximum Gasteiger partial charge on any atom is 0.0104 e. The Bertz CT molecular complexity index is 2420. The van der Waals surface area contributed by atoms with Crippen LogP contribution in [-0.2, 0) is 5.41 Å². The number of rotatable bonds is 4. The van der Waals surface area contributed by atoms with Gasteiger partial charge in [-0.2, -0.15) is 0 Å². The molecular formula is C47H36. The molecule has 1 aliphatic carbocycles. The molecule has 8 aromatic rings. The molecule has 0 aliphatic heterocycles. The van der Waals surface area contributed by atoms with E-state index in [1.54, 1.807) is 0 Å². The minimum absolute atomic E-state index is 0.0193. The van der Waals surface area contributed by atoms with Crippen LogP contribution in [0.1, 0.15) is 36.8 Å². The molecule has 0 fully saturated rings. The Hall–Kier alpha value is -5.46. The molecule has 2 unspecified atom stereocenters. The molecule has 8 aromatic carbocycles. The zero-order valence-corrected chi connectivity index (χ0v) is 26.7. The third kappa shape index (κ3) is 4.67. The van der Waals surface area contributed by atoms with Crippen LogP contribution in [0.4, 0.5) is 0 Å². The number of benzene rings is 8. The van der Waals surface area contributed by atoms with E-state index in [4.69, 9.17) is 0 Å². The van der Waals surface area contributed by atoms with E-state index in [0.717, 1.165) is 12.8 Å². The predicted octanol–water partition coefficient (Wildman–Crippen LogP) is 13.0. The summed E-state index contributed by atoms with van der Waals surface area (Å²) in [6.45, 7) is 2.41. The third-order valence-corrected chi connectivity index (χ3v) is 10.7. The summed E-state index contributed by atoms with van der Waals surface area (Å²) in [6.07, 6.45) is 7.24. The van der Waals surface area contributed by atoms with E-state index in [-0.39, 0.29) is 5.41 Å². The molecule has 0 radical (unpaired) electrons. The van der Waals surface area contributed by atoms with Gasteiger partial charge in [0.2, 0.25) is 0 Å². The van der Waals surface area contributed by atoms with Gasteiger partial charge in [0.15, 0.2) is 0 Å². The molecule has 2 atom stereocenters. The van der Waals surface area contributed by atoms with Crippen molar-refractivity contribution in [2.45, 2.75) is 31.1 Å². The molecule has 0 N–H and O–H groups in total. The average molecular weight is 601 g/mol. The van der Waals surface area contributed by atoms with Crippen molar-refractivity contribution in [3.05, 3.63) is 181 Å². The Morgan fingerprint density at radius 1 is 0.489 bits per heavy atom. The molecular weight excluding hydrogens is 565 g/mol. The summed E-state index contributed by atoms with van der Waals surface area (Å²) in [5.41, 5.74) is 8.00. The lowest BCUT2D eigenvalue weighted by atomic mass is 9.70. The van der Waals surface area contributed by atoms with Crippen LogP contribution in [0.2, 0.25) is 0 Å². The first-order valence-corrected chi connectivity index (χ1v) is 16.9. The van der Waals surface area contributed by atoms with Crippen LogP contribution in [0, 0.1) is 0 Å². The van der Waals surface area contributed by atoms with Crippen molar-refractivity contribution in [3.8, 4) is 22.3 Å². The van der Waals surface area contributed by atoms with Gasteiger partial charge in [0, 0.05) is 11.3 Å². The molecule has 0 spiro atoms. The van der Waals surface area contributed by atoms with Gasteiger partial charge in [-0.05, 0) is 95.4 Å². The van der Waals surface area contributed by atoms with Crippen molar-refractivity contribution in [1.29, 1.82) is 0 Å². The van der Waals surface area contributed by atoms with Crippen molar-refractivity contribution in [3.63, 3.8) is 0 Å². The summed E-state index contributed by atoms with van der Waals surface area (Å²) in [4.78, 5) is 0. The number of hydrogen-bond acceptors (Lipinski definition) is 0. The molecule has 0 heterocycles. The fraction of sp³-hybridized carbons (Fsp3) is 0.106. The maximum absolute atomic E-state index is 2.51. The number of fused-ring (bicyclic) bond motifs is 4. The second-order valence-corrected chi connectivity index (χ2v) is 13.5. The van der Waals surface area contributed by atoms with Gasteiger partial charge in [0.25, 0.3) is 0 Å². The average Bonchev–Trinajstić information content (AvgIpc) is 3.14. The van der Waals surface area contributed by atoms with Gasteiger partial charge >= 0.3 is 0 Å². The Kier molecular flexibility index (Phi) is 6.57. The van der Waals surface area contributed by atoms with Crippen molar-refractivity contribution in [1.82, 2.24) is 0 Å². The van der Waals surface area contributed by atoms with Gasteiger partial charge in [-0.3, -0.25) is 0 Å². The van der Waals surface area contributed by atoms with E-state index in [1.807, 2.05) is 0 Å². The smallest absolute Gasteiger partial charge is 0.0104 e. The van der Waals surface area contributed by atoms with Crippen molar-refractivity contribution < 1.29 is 0 Å². The van der Waals surface area contributed by atoms with Gasteiger partial charge in [-0.25, -0.2) is 0 Å². The van der Waals surface area contributed by atoms with Crippen LogP contribution in [0.25, 0.3) is 65.3 Å². The normalized spacial score (nSPS) is 17.9. The fourth-order valence-corrected chi connectivity index (χ4v) is 8.14. The summed E-state index contributed by atoms with van der Waals surface area (Å²) < 4.78 is 0. The molecule has 9 rings (SSSR count). The van der Waals surface area contributed by atoms with Crippen molar-refractivity contribution >= 4 is 43.1 Å². The van der Waals surface area contributed by atoms with Crippen molar-refractivity contribution in [2.24, 2.45) is 0 Å². The number of hydrogen-bond donors (Lipinski definition) is 0. The van der Waals surface area contributed by atoms with E-state index in [9.17, 15) is 0 Å². The highest BCUT2D eigenvalue weighted by Gasteiger charge is 2.31. The summed E-state index contributed by atoms with van der Waals surface area (Å²) >= 11 is 0. The highest BCUT2D eigenvalue weighted by atomic mass is 14.3.